The van der Waals surface area contributed by atoms with Gasteiger partial charge in [-0.2, -0.15) is 0 Å². The maximum absolute atomic E-state index is 12.4. The molecule has 0 amide bonds. The van der Waals surface area contributed by atoms with E-state index in [4.69, 9.17) is 13.8 Å². The number of hydrogen-bond donors (Lipinski definition) is 1. The number of phosphoric acid groups is 1. The van der Waals surface area contributed by atoms with Crippen molar-refractivity contribution in [3.63, 3.8) is 0 Å². The van der Waals surface area contributed by atoms with Gasteiger partial charge in [-0.05, 0) is 46.0 Å². The zero-order chi connectivity index (χ0) is 29.0. The van der Waals surface area contributed by atoms with Crippen LogP contribution < -0.4 is 0 Å². The second-order valence-electron chi connectivity index (χ2n) is 11.0. The van der Waals surface area contributed by atoms with Crippen LogP contribution in [0.2, 0.25) is 0 Å². The van der Waals surface area contributed by atoms with Crippen LogP contribution in [0.5, 0.6) is 0 Å². The Morgan fingerprint density at radius 3 is 1.74 bits per heavy atom. The molecule has 1 unspecified atom stereocenters. The molecule has 0 bridgehead atoms. The summed E-state index contributed by atoms with van der Waals surface area (Å²) in [5, 5.41) is 0. The number of Topliss-reactive ketones (excluding diaryl/α,β-unsaturated/α-hetero) is 3. The van der Waals surface area contributed by atoms with Crippen LogP contribution in [0, 0.1) is 0 Å². The number of likely N-dealkylation sites (N-methyl/N-ethyl adjacent to an activating group) is 1. The van der Waals surface area contributed by atoms with Gasteiger partial charge in [0.05, 0.1) is 27.7 Å². The molecule has 10 nitrogen and oxygen atoms in total. The molecule has 0 fully saturated rings. The summed E-state index contributed by atoms with van der Waals surface area (Å²) in [6.07, 6.45) is 7.55. The number of unbranched alkanes of at least 4 members (excludes halogenated alkanes) is 6. The molecule has 222 valence electrons. The van der Waals surface area contributed by atoms with Crippen LogP contribution in [0.4, 0.5) is 0 Å². The summed E-state index contributed by atoms with van der Waals surface area (Å²) in [5.41, 5.74) is 0. The summed E-state index contributed by atoms with van der Waals surface area (Å²) in [4.78, 5) is 56.7. The number of phosphoric ester groups is 1. The van der Waals surface area contributed by atoms with Gasteiger partial charge in [-0.1, -0.05) is 25.7 Å². The van der Waals surface area contributed by atoms with E-state index in [-0.39, 0.29) is 49.8 Å². The third-order valence-corrected chi connectivity index (χ3v) is 6.86. The molecule has 38 heavy (non-hydrogen) atoms. The normalized spacial score (nSPS) is 14.1. The Hall–Kier alpha value is -1.45. The van der Waals surface area contributed by atoms with Crippen LogP contribution in [-0.2, 0) is 37.5 Å². The lowest BCUT2D eigenvalue weighted by Crippen LogP contribution is -2.37. The van der Waals surface area contributed by atoms with E-state index >= 15 is 0 Å². The summed E-state index contributed by atoms with van der Waals surface area (Å²) < 4.78 is 28.4. The highest BCUT2D eigenvalue weighted by molar-refractivity contribution is 7.47. The smallest absolute Gasteiger partial charge is 0.460 e. The topological polar surface area (TPSA) is 133 Å². The number of nitrogens with zero attached hydrogens (tertiary/aromatic N) is 1. The minimum atomic E-state index is -4.34. The number of ether oxygens (including phenoxy) is 1. The lowest BCUT2D eigenvalue weighted by molar-refractivity contribution is -0.870. The number of hydrogen-bond acceptors (Lipinski definition) is 8. The first-order valence-corrected chi connectivity index (χ1v) is 15.3. The van der Waals surface area contributed by atoms with E-state index in [2.05, 4.69) is 0 Å². The summed E-state index contributed by atoms with van der Waals surface area (Å²) >= 11 is 0. The maximum Gasteiger partial charge on any atom is 0.472 e. The number of ketones is 3. The molecule has 1 N–H and O–H groups in total. The van der Waals surface area contributed by atoms with Gasteiger partial charge in [0.2, 0.25) is 0 Å². The molecule has 0 spiro atoms. The van der Waals surface area contributed by atoms with E-state index in [1.165, 1.54) is 0 Å². The molecule has 0 aliphatic heterocycles. The van der Waals surface area contributed by atoms with E-state index in [0.717, 1.165) is 44.9 Å². The number of esters is 1. The molecule has 0 aromatic heterocycles. The largest absolute Gasteiger partial charge is 0.472 e. The van der Waals surface area contributed by atoms with Crippen molar-refractivity contribution in [2.24, 2.45) is 0 Å². The Kier molecular flexibility index (Phi) is 19.7. The minimum Gasteiger partial charge on any atom is -0.460 e. The first-order chi connectivity index (χ1) is 17.7. The molecule has 0 aromatic carbocycles. The quantitative estimate of drug-likeness (QED) is 0.0708. The van der Waals surface area contributed by atoms with Crippen molar-refractivity contribution >= 4 is 31.1 Å². The first kappa shape index (κ1) is 36.5. The van der Waals surface area contributed by atoms with Crippen LogP contribution in [0.1, 0.15) is 104 Å². The average molecular weight is 565 g/mol. The fourth-order valence-electron chi connectivity index (χ4n) is 3.56. The van der Waals surface area contributed by atoms with Gasteiger partial charge in [0.25, 0.3) is 0 Å². The average Bonchev–Trinajstić information content (AvgIpc) is 2.78. The molecular formula is C27H51NO9P+. The van der Waals surface area contributed by atoms with Gasteiger partial charge in [0.1, 0.15) is 36.6 Å². The summed E-state index contributed by atoms with van der Waals surface area (Å²) in [7, 11) is 1.44. The predicted molar refractivity (Wildman–Crippen MR) is 146 cm³/mol. The second kappa shape index (κ2) is 20.5. The van der Waals surface area contributed by atoms with Gasteiger partial charge < -0.3 is 23.7 Å². The minimum absolute atomic E-state index is 0.0227. The van der Waals surface area contributed by atoms with Gasteiger partial charge >= 0.3 is 13.8 Å². The highest BCUT2D eigenvalue weighted by Gasteiger charge is 2.26. The predicted octanol–water partition coefficient (Wildman–Crippen LogP) is 4.95. The van der Waals surface area contributed by atoms with Crippen molar-refractivity contribution in [3.8, 4) is 0 Å². The molecule has 0 aromatic rings. The van der Waals surface area contributed by atoms with Crippen molar-refractivity contribution in [2.45, 2.75) is 110 Å². The van der Waals surface area contributed by atoms with Crippen molar-refractivity contribution in [1.82, 2.24) is 0 Å². The Balaban J connectivity index is 4.64. The second-order valence-corrected chi connectivity index (χ2v) is 12.5. The number of carbonyl (C=O) groups is 4. The molecule has 0 saturated carbocycles. The molecule has 11 heteroatoms. The summed E-state index contributed by atoms with van der Waals surface area (Å²) in [6.45, 7) is 3.31. The van der Waals surface area contributed by atoms with E-state index < -0.39 is 19.9 Å². The molecule has 0 radical (unpaired) electrons. The maximum atomic E-state index is 12.4. The van der Waals surface area contributed by atoms with Crippen molar-refractivity contribution in [2.75, 3.05) is 40.9 Å². The zero-order valence-electron chi connectivity index (χ0n) is 24.2. The molecule has 2 atom stereocenters. The van der Waals surface area contributed by atoms with Gasteiger partial charge in [0.15, 0.2) is 0 Å². The van der Waals surface area contributed by atoms with E-state index in [0.29, 0.717) is 36.7 Å². The van der Waals surface area contributed by atoms with Crippen LogP contribution in [0.3, 0.4) is 0 Å². The Morgan fingerprint density at radius 1 is 0.737 bits per heavy atom. The molecule has 0 aliphatic carbocycles. The van der Waals surface area contributed by atoms with Gasteiger partial charge in [-0.25, -0.2) is 4.57 Å². The van der Waals surface area contributed by atoms with Crippen molar-refractivity contribution < 1.29 is 46.9 Å². The first-order valence-electron chi connectivity index (χ1n) is 13.8. The third kappa shape index (κ3) is 24.9. The molecule has 0 heterocycles. The Labute approximate surface area is 229 Å². The molecule has 0 rings (SSSR count). The fourth-order valence-corrected chi connectivity index (χ4v) is 4.30. The Bertz CT molecular complexity index is 764. The van der Waals surface area contributed by atoms with Crippen LogP contribution in [0.15, 0.2) is 0 Å². The summed E-state index contributed by atoms with van der Waals surface area (Å²) in [5.74, 6) is -0.114. The Morgan fingerprint density at radius 2 is 1.24 bits per heavy atom. The molecular weight excluding hydrogens is 513 g/mol. The van der Waals surface area contributed by atoms with Gasteiger partial charge in [-0.3, -0.25) is 18.6 Å². The lowest BCUT2D eigenvalue weighted by atomic mass is 10.0. The standard InChI is InChI=1S/C27H50NO9P/c1-23(29)14-10-6-8-12-16-25(31)18-19-26(22-36-38(33,34)35-21-20-28(3,4)5)37-27(32)17-13-9-7-11-15-24(2)30/h26H,6-22H2,1-5H3/p+1/t26-/m1/s1. The monoisotopic (exact) mass is 564 g/mol. The number of rotatable bonds is 25. The fraction of sp³-hybridized carbons (Fsp3) is 0.852. The SMILES string of the molecule is CC(=O)CCCCCCC(=O)CC[C@H](COP(=O)(O)OCC[N+](C)(C)C)OC(=O)CCCCCCC(C)=O. The van der Waals surface area contributed by atoms with Crippen LogP contribution >= 0.6 is 7.82 Å². The van der Waals surface area contributed by atoms with E-state index in [1.807, 2.05) is 21.1 Å². The van der Waals surface area contributed by atoms with Gasteiger partial charge in [0, 0.05) is 32.1 Å². The van der Waals surface area contributed by atoms with Crippen LogP contribution in [0.25, 0.3) is 0 Å². The highest BCUT2D eigenvalue weighted by Crippen LogP contribution is 2.43. The molecule has 0 aliphatic rings. The highest BCUT2D eigenvalue weighted by atomic mass is 31.2. The number of carbonyl (C=O) groups excluding carboxylic acids is 4. The zero-order valence-corrected chi connectivity index (χ0v) is 25.1. The van der Waals surface area contributed by atoms with Gasteiger partial charge in [-0.15, -0.1) is 0 Å². The van der Waals surface area contributed by atoms with Crippen molar-refractivity contribution in [3.05, 3.63) is 0 Å². The number of quaternary nitrogens is 1. The molecule has 0 saturated heterocycles. The van der Waals surface area contributed by atoms with E-state index in [9.17, 15) is 28.6 Å². The van der Waals surface area contributed by atoms with E-state index in [1.54, 1.807) is 13.8 Å². The summed E-state index contributed by atoms with van der Waals surface area (Å²) in [6, 6.07) is 0. The lowest BCUT2D eigenvalue weighted by Gasteiger charge is -2.24. The van der Waals surface area contributed by atoms with Crippen LogP contribution in [-0.4, -0.2) is 79.7 Å². The third-order valence-electron chi connectivity index (χ3n) is 5.88. The van der Waals surface area contributed by atoms with Crippen molar-refractivity contribution in [1.29, 1.82) is 0 Å².